The molecule has 3 N–H and O–H groups in total. The van der Waals surface area contributed by atoms with Crippen molar-refractivity contribution in [1.82, 2.24) is 0 Å². The van der Waals surface area contributed by atoms with E-state index >= 15 is 0 Å². The summed E-state index contributed by atoms with van der Waals surface area (Å²) in [5, 5.41) is 2.95. The Bertz CT molecular complexity index is 764. The third-order valence-electron chi connectivity index (χ3n) is 4.69. The van der Waals surface area contributed by atoms with E-state index in [0.717, 1.165) is 30.6 Å². The fraction of sp³-hybridized carbons (Fsp3) is 0.263. The molecule has 0 spiro atoms. The van der Waals surface area contributed by atoms with Crippen LogP contribution in [0.2, 0.25) is 0 Å². The van der Waals surface area contributed by atoms with Gasteiger partial charge in [-0.05, 0) is 43.2 Å². The average Bonchev–Trinajstić information content (AvgIpc) is 2.55. The molecule has 1 saturated carbocycles. The molecule has 24 heavy (non-hydrogen) atoms. The Hall–Kier alpha value is -2.82. The number of methoxy groups -OCH3 is 1. The van der Waals surface area contributed by atoms with E-state index in [1.54, 1.807) is 31.4 Å². The van der Waals surface area contributed by atoms with Crippen molar-refractivity contribution in [2.24, 2.45) is 5.73 Å². The molecule has 5 nitrogen and oxygen atoms in total. The molecule has 2 amide bonds. The minimum Gasteiger partial charge on any atom is -0.496 e. The van der Waals surface area contributed by atoms with Gasteiger partial charge in [-0.2, -0.15) is 0 Å². The summed E-state index contributed by atoms with van der Waals surface area (Å²) in [5.74, 6) is 0.193. The van der Waals surface area contributed by atoms with Crippen molar-refractivity contribution in [3.05, 3.63) is 59.7 Å². The maximum Gasteiger partial charge on any atom is 0.248 e. The second kappa shape index (κ2) is 6.35. The SMILES string of the molecule is COc1ccccc1C1(C(=O)Nc2ccc(C(N)=O)cc2)CCC1. The number of carbonyl (C=O) groups excluding carboxylic acids is 2. The van der Waals surface area contributed by atoms with Crippen molar-refractivity contribution >= 4 is 17.5 Å². The Morgan fingerprint density at radius 2 is 1.75 bits per heavy atom. The molecule has 2 aromatic rings. The molecule has 0 saturated heterocycles. The van der Waals surface area contributed by atoms with Gasteiger partial charge in [0, 0.05) is 16.8 Å². The van der Waals surface area contributed by atoms with Gasteiger partial charge in [0.25, 0.3) is 0 Å². The lowest BCUT2D eigenvalue weighted by atomic mass is 9.63. The van der Waals surface area contributed by atoms with Crippen LogP contribution in [-0.4, -0.2) is 18.9 Å². The lowest BCUT2D eigenvalue weighted by Gasteiger charge is -2.41. The van der Waals surface area contributed by atoms with Gasteiger partial charge >= 0.3 is 0 Å². The van der Waals surface area contributed by atoms with Crippen molar-refractivity contribution < 1.29 is 14.3 Å². The highest BCUT2D eigenvalue weighted by Crippen LogP contribution is 2.47. The normalized spacial score (nSPS) is 15.2. The zero-order chi connectivity index (χ0) is 17.2. The first kappa shape index (κ1) is 16.1. The van der Waals surface area contributed by atoms with Crippen LogP contribution in [0.1, 0.15) is 35.2 Å². The van der Waals surface area contributed by atoms with Crippen molar-refractivity contribution in [3.8, 4) is 5.75 Å². The van der Waals surface area contributed by atoms with Gasteiger partial charge in [-0.1, -0.05) is 24.6 Å². The van der Waals surface area contributed by atoms with Crippen LogP contribution in [0.5, 0.6) is 5.75 Å². The Morgan fingerprint density at radius 1 is 1.08 bits per heavy atom. The predicted octanol–water partition coefficient (Wildman–Crippen LogP) is 2.85. The Kier molecular flexibility index (Phi) is 4.25. The Morgan fingerprint density at radius 3 is 2.29 bits per heavy atom. The highest BCUT2D eigenvalue weighted by atomic mass is 16.5. The van der Waals surface area contributed by atoms with E-state index in [1.165, 1.54) is 0 Å². The Balaban J connectivity index is 1.85. The van der Waals surface area contributed by atoms with Crippen LogP contribution in [0.15, 0.2) is 48.5 Å². The van der Waals surface area contributed by atoms with E-state index < -0.39 is 11.3 Å². The molecular formula is C19H20N2O3. The second-order valence-corrected chi connectivity index (χ2v) is 6.03. The molecule has 0 heterocycles. The number of anilines is 1. The van der Waals surface area contributed by atoms with Gasteiger partial charge in [-0.25, -0.2) is 0 Å². The van der Waals surface area contributed by atoms with Crippen LogP contribution in [0, 0.1) is 0 Å². The molecule has 3 rings (SSSR count). The number of hydrogen-bond donors (Lipinski definition) is 2. The van der Waals surface area contributed by atoms with Crippen molar-refractivity contribution in [2.75, 3.05) is 12.4 Å². The zero-order valence-electron chi connectivity index (χ0n) is 13.5. The molecule has 0 unspecified atom stereocenters. The van der Waals surface area contributed by atoms with Gasteiger partial charge in [-0.3, -0.25) is 9.59 Å². The van der Waals surface area contributed by atoms with Crippen molar-refractivity contribution in [3.63, 3.8) is 0 Å². The third-order valence-corrected chi connectivity index (χ3v) is 4.69. The summed E-state index contributed by atoms with van der Waals surface area (Å²) in [6, 6.07) is 14.2. The number of para-hydroxylation sites is 1. The second-order valence-electron chi connectivity index (χ2n) is 6.03. The first-order valence-electron chi connectivity index (χ1n) is 7.92. The number of primary amides is 1. The number of ether oxygens (including phenoxy) is 1. The average molecular weight is 324 g/mol. The van der Waals surface area contributed by atoms with E-state index in [0.29, 0.717) is 11.3 Å². The largest absolute Gasteiger partial charge is 0.496 e. The third kappa shape index (κ3) is 2.73. The molecule has 1 aliphatic carbocycles. The highest BCUT2D eigenvalue weighted by molar-refractivity contribution is 6.01. The fourth-order valence-electron chi connectivity index (χ4n) is 3.16. The first-order valence-corrected chi connectivity index (χ1v) is 7.92. The van der Waals surface area contributed by atoms with Gasteiger partial charge in [0.1, 0.15) is 5.75 Å². The molecule has 124 valence electrons. The molecule has 2 aromatic carbocycles. The van der Waals surface area contributed by atoms with Crippen LogP contribution in [0.3, 0.4) is 0 Å². The summed E-state index contributed by atoms with van der Waals surface area (Å²) in [7, 11) is 1.62. The summed E-state index contributed by atoms with van der Waals surface area (Å²) in [6.45, 7) is 0. The highest BCUT2D eigenvalue weighted by Gasteiger charge is 2.47. The summed E-state index contributed by atoms with van der Waals surface area (Å²) in [6.07, 6.45) is 2.59. The van der Waals surface area contributed by atoms with Gasteiger partial charge in [0.15, 0.2) is 0 Å². The summed E-state index contributed by atoms with van der Waals surface area (Å²) >= 11 is 0. The summed E-state index contributed by atoms with van der Waals surface area (Å²) < 4.78 is 5.44. The molecule has 0 aromatic heterocycles. The molecular weight excluding hydrogens is 304 g/mol. The zero-order valence-corrected chi connectivity index (χ0v) is 13.5. The number of nitrogens with two attached hydrogens (primary N) is 1. The molecule has 5 heteroatoms. The molecule has 0 aliphatic heterocycles. The summed E-state index contributed by atoms with van der Waals surface area (Å²) in [5.41, 5.74) is 6.65. The lowest BCUT2D eigenvalue weighted by molar-refractivity contribution is -0.124. The Labute approximate surface area is 140 Å². The number of hydrogen-bond acceptors (Lipinski definition) is 3. The molecule has 0 bridgehead atoms. The molecule has 0 atom stereocenters. The number of carbonyl (C=O) groups is 2. The van der Waals surface area contributed by atoms with Gasteiger partial charge < -0.3 is 15.8 Å². The van der Waals surface area contributed by atoms with Gasteiger partial charge in [0.2, 0.25) is 11.8 Å². The van der Waals surface area contributed by atoms with Crippen molar-refractivity contribution in [2.45, 2.75) is 24.7 Å². The smallest absolute Gasteiger partial charge is 0.248 e. The van der Waals surface area contributed by atoms with Crippen LogP contribution < -0.4 is 15.8 Å². The molecule has 0 radical (unpaired) electrons. The maximum atomic E-state index is 12.9. The molecule has 1 fully saturated rings. The van der Waals surface area contributed by atoms with Crippen LogP contribution in [0.25, 0.3) is 0 Å². The summed E-state index contributed by atoms with van der Waals surface area (Å²) in [4.78, 5) is 24.1. The van der Waals surface area contributed by atoms with E-state index in [9.17, 15) is 9.59 Å². The predicted molar refractivity (Wildman–Crippen MR) is 92.1 cm³/mol. The van der Waals surface area contributed by atoms with Crippen molar-refractivity contribution in [1.29, 1.82) is 0 Å². The lowest BCUT2D eigenvalue weighted by Crippen LogP contribution is -2.46. The minimum atomic E-state index is -0.561. The van der Waals surface area contributed by atoms with E-state index in [-0.39, 0.29) is 5.91 Å². The topological polar surface area (TPSA) is 81.4 Å². The fourth-order valence-corrected chi connectivity index (χ4v) is 3.16. The van der Waals surface area contributed by atoms with Crippen LogP contribution >= 0.6 is 0 Å². The van der Waals surface area contributed by atoms with E-state index in [4.69, 9.17) is 10.5 Å². The van der Waals surface area contributed by atoms with E-state index in [2.05, 4.69) is 5.32 Å². The monoisotopic (exact) mass is 324 g/mol. The number of amides is 2. The quantitative estimate of drug-likeness (QED) is 0.887. The number of rotatable bonds is 5. The van der Waals surface area contributed by atoms with Gasteiger partial charge in [-0.15, -0.1) is 0 Å². The van der Waals surface area contributed by atoms with Crippen LogP contribution in [0.4, 0.5) is 5.69 Å². The number of nitrogens with one attached hydrogen (secondary N) is 1. The van der Waals surface area contributed by atoms with Crippen LogP contribution in [-0.2, 0) is 10.2 Å². The first-order chi connectivity index (χ1) is 11.6. The van der Waals surface area contributed by atoms with Gasteiger partial charge in [0.05, 0.1) is 12.5 Å². The van der Waals surface area contributed by atoms with E-state index in [1.807, 2.05) is 24.3 Å². The standard InChI is InChI=1S/C19H20N2O3/c1-24-16-6-3-2-5-15(16)19(11-4-12-19)18(23)21-14-9-7-13(8-10-14)17(20)22/h2-3,5-10H,4,11-12H2,1H3,(H2,20,22)(H,21,23). The number of benzene rings is 2. The minimum absolute atomic E-state index is 0.0509. The molecule has 1 aliphatic rings. The maximum absolute atomic E-state index is 12.9.